The number of hydrogen-bond donors (Lipinski definition) is 1. The number of carbonyl (C=O) groups excluding carboxylic acids is 2. The maximum Gasteiger partial charge on any atom is 0.359 e. The summed E-state index contributed by atoms with van der Waals surface area (Å²) >= 11 is 0. The molecular weight excluding hydrogens is 274 g/mol. The quantitative estimate of drug-likeness (QED) is 0.811. The molecule has 0 fully saturated rings. The molecule has 0 unspecified atom stereocenters. The number of nitrogens with zero attached hydrogens (tertiary/aromatic N) is 2. The molecule has 1 heterocycles. The fraction of sp³-hybridized carbons (Fsp3) is 0.143. The highest BCUT2D eigenvalue weighted by Gasteiger charge is 2.10. The van der Waals surface area contributed by atoms with Gasteiger partial charge in [0.25, 0.3) is 5.56 Å². The van der Waals surface area contributed by atoms with E-state index in [2.05, 4.69) is 5.10 Å². The average molecular weight is 287 g/mol. The number of hydrogen-bond acceptors (Lipinski definition) is 5. The Morgan fingerprint density at radius 1 is 1.19 bits per heavy atom. The minimum Gasteiger partial charge on any atom is -0.456 e. The monoisotopic (exact) mass is 287 g/mol. The fourth-order valence-corrected chi connectivity index (χ4v) is 1.60. The molecule has 0 atom stereocenters. The summed E-state index contributed by atoms with van der Waals surface area (Å²) in [4.78, 5) is 33.9. The maximum atomic E-state index is 11.8. The number of aromatic nitrogens is 2. The largest absolute Gasteiger partial charge is 0.456 e. The Morgan fingerprint density at radius 3 is 2.43 bits per heavy atom. The van der Waals surface area contributed by atoms with E-state index in [4.69, 9.17) is 10.5 Å². The second-order valence-electron chi connectivity index (χ2n) is 4.32. The van der Waals surface area contributed by atoms with Crippen LogP contribution in [0.4, 0.5) is 0 Å². The molecule has 0 saturated heterocycles. The Balaban J connectivity index is 2.01. The highest BCUT2D eigenvalue weighted by atomic mass is 16.5. The van der Waals surface area contributed by atoms with Crippen LogP contribution in [0.1, 0.15) is 26.4 Å². The molecule has 7 nitrogen and oxygen atoms in total. The first-order valence-corrected chi connectivity index (χ1v) is 6.07. The lowest BCUT2D eigenvalue weighted by Gasteiger charge is -2.05. The van der Waals surface area contributed by atoms with Crippen LogP contribution in [0.3, 0.4) is 0 Å². The van der Waals surface area contributed by atoms with E-state index in [1.807, 2.05) is 0 Å². The van der Waals surface area contributed by atoms with Gasteiger partial charge in [0.1, 0.15) is 6.61 Å². The molecule has 2 N–H and O–H groups in total. The lowest BCUT2D eigenvalue weighted by molar-refractivity contribution is 0.0462. The molecule has 0 bridgehead atoms. The van der Waals surface area contributed by atoms with Crippen molar-refractivity contribution in [3.63, 3.8) is 0 Å². The Hall–Kier alpha value is -2.96. The van der Waals surface area contributed by atoms with E-state index < -0.39 is 11.9 Å². The van der Waals surface area contributed by atoms with Crippen molar-refractivity contribution in [2.75, 3.05) is 0 Å². The van der Waals surface area contributed by atoms with Gasteiger partial charge in [-0.15, -0.1) is 0 Å². The van der Waals surface area contributed by atoms with Crippen LogP contribution >= 0.6 is 0 Å². The number of amides is 1. The van der Waals surface area contributed by atoms with Gasteiger partial charge in [0.2, 0.25) is 5.91 Å². The van der Waals surface area contributed by atoms with Gasteiger partial charge in [-0.2, -0.15) is 5.10 Å². The molecule has 1 amide bonds. The van der Waals surface area contributed by atoms with Crippen LogP contribution < -0.4 is 11.3 Å². The van der Waals surface area contributed by atoms with E-state index in [-0.39, 0.29) is 17.9 Å². The van der Waals surface area contributed by atoms with Crippen LogP contribution in [0.5, 0.6) is 0 Å². The summed E-state index contributed by atoms with van der Waals surface area (Å²) < 4.78 is 6.13. The molecule has 0 saturated carbocycles. The van der Waals surface area contributed by atoms with Gasteiger partial charge in [-0.05, 0) is 23.8 Å². The van der Waals surface area contributed by atoms with E-state index >= 15 is 0 Å². The number of rotatable bonds is 4. The number of esters is 1. The zero-order valence-corrected chi connectivity index (χ0v) is 11.3. The molecule has 21 heavy (non-hydrogen) atoms. The van der Waals surface area contributed by atoms with Crippen LogP contribution in [0.25, 0.3) is 0 Å². The smallest absolute Gasteiger partial charge is 0.359 e. The first-order chi connectivity index (χ1) is 9.97. The average Bonchev–Trinajstić information content (AvgIpc) is 2.48. The molecule has 0 aliphatic rings. The highest BCUT2D eigenvalue weighted by molar-refractivity contribution is 5.92. The lowest BCUT2D eigenvalue weighted by Crippen LogP contribution is -2.21. The van der Waals surface area contributed by atoms with Gasteiger partial charge in [-0.3, -0.25) is 9.59 Å². The third-order valence-corrected chi connectivity index (χ3v) is 2.78. The van der Waals surface area contributed by atoms with Crippen molar-refractivity contribution in [2.45, 2.75) is 6.61 Å². The summed E-state index contributed by atoms with van der Waals surface area (Å²) in [5.41, 5.74) is 5.95. The fourth-order valence-electron chi connectivity index (χ4n) is 1.60. The second kappa shape index (κ2) is 6.00. The zero-order valence-electron chi connectivity index (χ0n) is 11.3. The minimum absolute atomic E-state index is 0.0302. The number of ether oxygens (including phenoxy) is 1. The third kappa shape index (κ3) is 3.53. The van der Waals surface area contributed by atoms with Crippen LogP contribution in [-0.2, 0) is 18.4 Å². The van der Waals surface area contributed by atoms with Crippen molar-refractivity contribution < 1.29 is 14.3 Å². The molecule has 2 rings (SSSR count). The molecule has 108 valence electrons. The predicted octanol–water partition coefficient (Wildman–Crippen LogP) is 0.236. The minimum atomic E-state index is -0.635. The summed E-state index contributed by atoms with van der Waals surface area (Å²) in [6.07, 6.45) is 0. The van der Waals surface area contributed by atoms with Gasteiger partial charge >= 0.3 is 5.97 Å². The topological polar surface area (TPSA) is 104 Å². The van der Waals surface area contributed by atoms with Crippen LogP contribution in [0, 0.1) is 0 Å². The van der Waals surface area contributed by atoms with Crippen LogP contribution in [-0.4, -0.2) is 21.7 Å². The molecule has 1 aromatic heterocycles. The molecule has 0 spiro atoms. The number of benzene rings is 1. The van der Waals surface area contributed by atoms with E-state index in [1.165, 1.54) is 19.2 Å². The highest BCUT2D eigenvalue weighted by Crippen LogP contribution is 2.06. The van der Waals surface area contributed by atoms with Crippen LogP contribution in [0.15, 0.2) is 41.2 Å². The lowest BCUT2D eigenvalue weighted by atomic mass is 10.1. The summed E-state index contributed by atoms with van der Waals surface area (Å²) in [6.45, 7) is 0.0302. The molecular formula is C14H13N3O4. The van der Waals surface area contributed by atoms with E-state index in [9.17, 15) is 14.4 Å². The van der Waals surface area contributed by atoms with Crippen molar-refractivity contribution in [1.82, 2.24) is 9.78 Å². The van der Waals surface area contributed by atoms with Crippen molar-refractivity contribution in [2.24, 2.45) is 12.8 Å². The van der Waals surface area contributed by atoms with E-state index in [0.717, 1.165) is 4.68 Å². The predicted molar refractivity (Wildman–Crippen MR) is 73.6 cm³/mol. The maximum absolute atomic E-state index is 11.8. The molecule has 0 aliphatic carbocycles. The Labute approximate surface area is 120 Å². The van der Waals surface area contributed by atoms with Crippen molar-refractivity contribution in [3.05, 3.63) is 63.6 Å². The van der Waals surface area contributed by atoms with E-state index in [0.29, 0.717) is 11.1 Å². The number of aryl methyl sites for hydroxylation is 1. The third-order valence-electron chi connectivity index (χ3n) is 2.78. The van der Waals surface area contributed by atoms with E-state index in [1.54, 1.807) is 24.3 Å². The van der Waals surface area contributed by atoms with Crippen molar-refractivity contribution in [3.8, 4) is 0 Å². The standard InChI is InChI=1S/C14H13N3O4/c1-17-12(18)7-6-11(16-17)14(20)21-8-9-2-4-10(5-3-9)13(15)19/h2-7H,8H2,1H3,(H2,15,19). The first kappa shape index (κ1) is 14.4. The van der Waals surface area contributed by atoms with Gasteiger partial charge in [-0.25, -0.2) is 9.48 Å². The first-order valence-electron chi connectivity index (χ1n) is 6.07. The Morgan fingerprint density at radius 2 is 1.86 bits per heavy atom. The van der Waals surface area contributed by atoms with Crippen molar-refractivity contribution in [1.29, 1.82) is 0 Å². The summed E-state index contributed by atoms with van der Waals surface area (Å²) in [6, 6.07) is 8.93. The molecule has 1 aromatic carbocycles. The zero-order chi connectivity index (χ0) is 15.4. The SMILES string of the molecule is Cn1nc(C(=O)OCc2ccc(C(N)=O)cc2)ccc1=O. The van der Waals surface area contributed by atoms with Gasteiger partial charge in [0.05, 0.1) is 0 Å². The van der Waals surface area contributed by atoms with Gasteiger partial charge in [0.15, 0.2) is 5.69 Å². The summed E-state index contributed by atoms with van der Waals surface area (Å²) in [5.74, 6) is -1.16. The molecule has 2 aromatic rings. The Kier molecular flexibility index (Phi) is 4.13. The number of carbonyl (C=O) groups is 2. The number of primary amides is 1. The normalized spacial score (nSPS) is 10.1. The number of nitrogens with two attached hydrogens (primary N) is 1. The second-order valence-corrected chi connectivity index (χ2v) is 4.32. The molecule has 0 aliphatic heterocycles. The summed E-state index contributed by atoms with van der Waals surface area (Å²) in [5, 5.41) is 3.79. The van der Waals surface area contributed by atoms with Gasteiger partial charge < -0.3 is 10.5 Å². The van der Waals surface area contributed by atoms with Crippen LogP contribution in [0.2, 0.25) is 0 Å². The van der Waals surface area contributed by atoms with Gasteiger partial charge in [-0.1, -0.05) is 12.1 Å². The molecule has 7 heteroatoms. The van der Waals surface area contributed by atoms with Crippen molar-refractivity contribution >= 4 is 11.9 Å². The molecule has 0 radical (unpaired) electrons. The summed E-state index contributed by atoms with van der Waals surface area (Å²) in [7, 11) is 1.45. The van der Waals surface area contributed by atoms with Gasteiger partial charge in [0, 0.05) is 18.7 Å². The Bertz CT molecular complexity index is 735.